The number of aromatic amines is 3. The second-order valence-corrected chi connectivity index (χ2v) is 24.0. The van der Waals surface area contributed by atoms with Crippen LogP contribution in [0.2, 0.25) is 0 Å². The third kappa shape index (κ3) is 17.0. The minimum Gasteiger partial charge on any atom is -0.502 e. The van der Waals surface area contributed by atoms with Gasteiger partial charge in [-0.25, -0.2) is 24.9 Å². The van der Waals surface area contributed by atoms with E-state index in [1.807, 2.05) is 55.7 Å². The molecule has 0 saturated carbocycles. The average molecular weight is 1190 g/mol. The number of hydrogen-bond donors (Lipinski definition) is 4. The molecule has 6 saturated heterocycles. The van der Waals surface area contributed by atoms with Gasteiger partial charge in [-0.05, 0) is 152 Å². The number of nitrogens with one attached hydrogen (secondary N) is 3. The van der Waals surface area contributed by atoms with Crippen molar-refractivity contribution < 1.29 is 19.3 Å². The molecule has 22 nitrogen and oxygen atoms in total. The topological polar surface area (TPSA) is 234 Å². The highest BCUT2D eigenvalue weighted by Crippen LogP contribution is 2.38. The summed E-state index contributed by atoms with van der Waals surface area (Å²) >= 11 is 0. The predicted molar refractivity (Wildman–Crippen MR) is 339 cm³/mol. The van der Waals surface area contributed by atoms with Gasteiger partial charge in [-0.3, -0.25) is 44.0 Å². The summed E-state index contributed by atoms with van der Waals surface area (Å²) in [4.78, 5) is 84.1. The maximum absolute atomic E-state index is 12.2. The molecule has 6 aliphatic heterocycles. The number of H-pyrrole nitrogens is 3. The second kappa shape index (κ2) is 30.1. The van der Waals surface area contributed by atoms with E-state index in [1.54, 1.807) is 18.2 Å². The van der Waals surface area contributed by atoms with Crippen molar-refractivity contribution in [2.24, 2.45) is 0 Å². The van der Waals surface area contributed by atoms with E-state index in [4.69, 9.17) is 35.6 Å². The zero-order chi connectivity index (χ0) is 60.7. The summed E-state index contributed by atoms with van der Waals surface area (Å²) in [7, 11) is 6.96. The number of methoxy groups -OCH3 is 2. The number of benzene rings is 2. The molecule has 6 aromatic rings. The number of phenols is 1. The Hall–Kier alpha value is -8.00. The van der Waals surface area contributed by atoms with Crippen molar-refractivity contribution in [1.29, 1.82) is 0 Å². The lowest BCUT2D eigenvalue weighted by Crippen LogP contribution is -2.33. The molecule has 4 N–H and O–H groups in total. The van der Waals surface area contributed by atoms with Crippen LogP contribution in [0.5, 0.6) is 23.0 Å². The Morgan fingerprint density at radius 2 is 0.885 bits per heavy atom. The van der Waals surface area contributed by atoms with Crippen LogP contribution in [0.3, 0.4) is 0 Å². The lowest BCUT2D eigenvalue weighted by Gasteiger charge is -2.32. The molecule has 0 atom stereocenters. The number of anilines is 4. The molecule has 2 aromatic carbocycles. The molecule has 0 bridgehead atoms. The molecule has 0 spiro atoms. The van der Waals surface area contributed by atoms with Crippen LogP contribution in [-0.2, 0) is 19.6 Å². The minimum atomic E-state index is -0.0624. The molecular weight excluding hydrogens is 1100 g/mol. The van der Waals surface area contributed by atoms with Crippen LogP contribution in [0.25, 0.3) is 0 Å². The van der Waals surface area contributed by atoms with Crippen LogP contribution < -0.4 is 50.5 Å². The molecule has 22 heteroatoms. The van der Waals surface area contributed by atoms with Crippen molar-refractivity contribution in [3.63, 3.8) is 0 Å². The van der Waals surface area contributed by atoms with Crippen LogP contribution in [0.4, 0.5) is 23.8 Å². The van der Waals surface area contributed by atoms with Crippen molar-refractivity contribution in [3.05, 3.63) is 132 Å². The zero-order valence-electron chi connectivity index (χ0n) is 51.2. The summed E-state index contributed by atoms with van der Waals surface area (Å²) < 4.78 is 16.0. The first kappa shape index (κ1) is 62.1. The van der Waals surface area contributed by atoms with Crippen LogP contribution in [0, 0.1) is 12.3 Å². The van der Waals surface area contributed by atoms with Gasteiger partial charge in [0.25, 0.3) is 16.7 Å². The third-order valence-electron chi connectivity index (χ3n) is 17.6. The van der Waals surface area contributed by atoms with E-state index >= 15 is 0 Å². The number of piperidine rings is 3. The van der Waals surface area contributed by atoms with Gasteiger partial charge in [0.05, 0.1) is 31.3 Å². The molecule has 0 amide bonds. The third-order valence-corrected chi connectivity index (χ3v) is 17.6. The molecule has 0 aliphatic carbocycles. The van der Waals surface area contributed by atoms with Gasteiger partial charge in [-0.2, -0.15) is 0 Å². The standard InChI is InChI=1S/C23H28N4O2.C22H30N4O4.C20H29N7O/c1-2-15-29-20-7-5-18(6-8-20)17-26-13-9-19(10-14-26)21-16-22(28)25-23(24-21)27-11-3-4-12-27;1-29-18-11-15(12-19(30-2)21(18)28)14-25-9-5-16(6-10-25)17-13-20(27)24-22(23-17)26-7-3-4-8-26;1-25(2)19-21-12-15(13-22-19)14-26-9-5-16(6-10-26)17-11-18(28)24-20(23-17)27-7-3-4-8-27/h1,5-8,16,19H,3-4,9-15,17H2,(H,24,25,28);11-13,16,28H,3-10,14H2,1-2H3,(H,23,24,27);11-13,16H,3-10,14H2,1-2H3,(H,23,24,28). The predicted octanol–water partition coefficient (Wildman–Crippen LogP) is 6.84. The van der Waals surface area contributed by atoms with Gasteiger partial charge in [-0.1, -0.05) is 18.1 Å². The number of ether oxygens (including phenoxy) is 3. The summed E-state index contributed by atoms with van der Waals surface area (Å²) in [6.07, 6.45) is 22.1. The fourth-order valence-corrected chi connectivity index (χ4v) is 12.7. The summed E-state index contributed by atoms with van der Waals surface area (Å²) in [5, 5.41) is 10.1. The largest absolute Gasteiger partial charge is 0.502 e. The number of likely N-dealkylation sites (tertiary alicyclic amines) is 3. The minimum absolute atomic E-state index is 0.0247. The number of rotatable bonds is 17. The molecule has 464 valence electrons. The molecule has 6 aliphatic rings. The summed E-state index contributed by atoms with van der Waals surface area (Å²) in [5.74, 6) is 8.11. The number of aromatic nitrogens is 8. The summed E-state index contributed by atoms with van der Waals surface area (Å²) in [5.41, 5.74) is 6.11. The Labute approximate surface area is 510 Å². The Bertz CT molecular complexity index is 3360. The van der Waals surface area contributed by atoms with Gasteiger partial charge in [0.15, 0.2) is 11.5 Å². The Morgan fingerprint density at radius 1 is 0.529 bits per heavy atom. The van der Waals surface area contributed by atoms with Crippen molar-refractivity contribution >= 4 is 23.8 Å². The van der Waals surface area contributed by atoms with E-state index in [1.165, 1.54) is 45.5 Å². The van der Waals surface area contributed by atoms with Gasteiger partial charge in [-0.15, -0.1) is 6.42 Å². The van der Waals surface area contributed by atoms with E-state index in [9.17, 15) is 19.5 Å². The molecule has 12 rings (SSSR count). The van der Waals surface area contributed by atoms with Crippen LogP contribution in [0.15, 0.2) is 81.4 Å². The number of phenolic OH excluding ortho intramolecular Hbond substituents is 1. The van der Waals surface area contributed by atoms with Gasteiger partial charge in [0, 0.05) is 127 Å². The van der Waals surface area contributed by atoms with E-state index in [0.717, 1.165) is 207 Å². The normalized spacial score (nSPS) is 18.2. The summed E-state index contributed by atoms with van der Waals surface area (Å²) in [6, 6.07) is 16.9. The van der Waals surface area contributed by atoms with Gasteiger partial charge >= 0.3 is 0 Å². The fourth-order valence-electron chi connectivity index (χ4n) is 12.7. The fraction of sp³-hybridized carbons (Fsp3) is 0.538. The zero-order valence-corrected chi connectivity index (χ0v) is 51.2. The molecule has 6 fully saturated rings. The van der Waals surface area contributed by atoms with Crippen LogP contribution >= 0.6 is 0 Å². The number of nitrogens with zero attached hydrogens (tertiary/aromatic N) is 12. The Morgan fingerprint density at radius 3 is 1.23 bits per heavy atom. The SMILES string of the molecule is C#CCOc1ccc(CN2CCC(c3cc(=O)[nH]c(N4CCCC4)n3)CC2)cc1.CN(C)c1ncc(CN2CCC(c3cc(=O)[nH]c(N4CCCC4)n3)CC2)cn1.COc1cc(CN2CCC(c3cc(=O)[nH]c(N4CCCC4)n3)CC2)cc(OC)c1O. The maximum Gasteiger partial charge on any atom is 0.252 e. The van der Waals surface area contributed by atoms with Crippen molar-refractivity contribution in [1.82, 2.24) is 54.6 Å². The number of hydrogen-bond acceptors (Lipinski definition) is 19. The molecule has 87 heavy (non-hydrogen) atoms. The second-order valence-electron chi connectivity index (χ2n) is 24.0. The van der Waals surface area contributed by atoms with Crippen LogP contribution in [0.1, 0.15) is 129 Å². The van der Waals surface area contributed by atoms with Crippen molar-refractivity contribution in [2.75, 3.05) is 133 Å². The molecule has 4 aromatic heterocycles. The Kier molecular flexibility index (Phi) is 21.5. The van der Waals surface area contributed by atoms with Crippen molar-refractivity contribution in [2.45, 2.75) is 114 Å². The van der Waals surface area contributed by atoms with Crippen LogP contribution in [-0.4, -0.2) is 173 Å². The smallest absolute Gasteiger partial charge is 0.252 e. The summed E-state index contributed by atoms with van der Waals surface area (Å²) in [6.45, 7) is 14.5. The first-order valence-corrected chi connectivity index (χ1v) is 31.2. The molecule has 0 unspecified atom stereocenters. The lowest BCUT2D eigenvalue weighted by atomic mass is 9.93. The van der Waals surface area contributed by atoms with Gasteiger partial charge < -0.3 is 38.9 Å². The van der Waals surface area contributed by atoms with E-state index in [0.29, 0.717) is 35.9 Å². The highest BCUT2D eigenvalue weighted by molar-refractivity contribution is 5.53. The lowest BCUT2D eigenvalue weighted by molar-refractivity contribution is 0.202. The van der Waals surface area contributed by atoms with Gasteiger partial charge in [0.2, 0.25) is 29.5 Å². The monoisotopic (exact) mass is 1190 g/mol. The molecular formula is C65H87N15O7. The van der Waals surface area contributed by atoms with Gasteiger partial charge in [0.1, 0.15) is 12.4 Å². The highest BCUT2D eigenvalue weighted by Gasteiger charge is 2.28. The quantitative estimate of drug-likeness (QED) is 0.0685. The Balaban J connectivity index is 0.000000145. The van der Waals surface area contributed by atoms with Crippen molar-refractivity contribution in [3.8, 4) is 35.3 Å². The number of aromatic hydroxyl groups is 1. The van der Waals surface area contributed by atoms with E-state index < -0.39 is 0 Å². The molecule has 10 heterocycles. The molecule has 0 radical (unpaired) electrons. The van der Waals surface area contributed by atoms with E-state index in [2.05, 4.69) is 72.4 Å². The number of terminal acetylenes is 1. The first-order valence-electron chi connectivity index (χ1n) is 31.2. The maximum atomic E-state index is 12.2. The highest BCUT2D eigenvalue weighted by atomic mass is 16.5. The average Bonchev–Trinajstić information content (AvgIpc) is 3.72. The van der Waals surface area contributed by atoms with E-state index in [-0.39, 0.29) is 22.4 Å². The first-order chi connectivity index (χ1) is 42.4.